The predicted octanol–water partition coefficient (Wildman–Crippen LogP) is 3.27. The molecule has 4 nitrogen and oxygen atoms in total. The van der Waals surface area contributed by atoms with Gasteiger partial charge in [-0.05, 0) is 0 Å². The number of imidazole rings is 1. The average Bonchev–Trinajstić information content (AvgIpc) is 2.73. The van der Waals surface area contributed by atoms with Gasteiger partial charge < -0.3 is 0 Å². The molecule has 0 radical (unpaired) electrons. The van der Waals surface area contributed by atoms with Gasteiger partial charge in [-0.1, -0.05) is 0 Å². The summed E-state index contributed by atoms with van der Waals surface area (Å²) < 4.78 is 8.13. The van der Waals surface area contributed by atoms with E-state index in [1.165, 1.54) is 0 Å². The molecule has 0 unspecified atom stereocenters. The molecule has 0 N–H and O–H groups in total. The second kappa shape index (κ2) is 7.13. The first-order valence-corrected chi connectivity index (χ1v) is 11.7. The quantitative estimate of drug-likeness (QED) is 0.477. The van der Waals surface area contributed by atoms with Crippen molar-refractivity contribution in [3.8, 4) is 0 Å². The van der Waals surface area contributed by atoms with Crippen molar-refractivity contribution < 1.29 is 4.43 Å². The first kappa shape index (κ1) is 17.8. The zero-order valence-electron chi connectivity index (χ0n) is 13.3. The molecule has 0 amide bonds. The second-order valence-corrected chi connectivity index (χ2v) is 13.5. The van der Waals surface area contributed by atoms with Crippen LogP contribution in [0.15, 0.2) is 23.7 Å². The number of aliphatic imine (C=N–C) groups is 1. The molecule has 1 aromatic heterocycles. The van der Waals surface area contributed by atoms with Gasteiger partial charge in [0.05, 0.1) is 0 Å². The van der Waals surface area contributed by atoms with Crippen LogP contribution in [0.5, 0.6) is 0 Å². The minimum atomic E-state index is -1.66. The third-order valence-electron chi connectivity index (χ3n) is 3.70. The zero-order chi connectivity index (χ0) is 15.4. The molecule has 0 saturated heterocycles. The van der Waals surface area contributed by atoms with Gasteiger partial charge >= 0.3 is 140 Å². The van der Waals surface area contributed by atoms with E-state index in [0.29, 0.717) is 6.61 Å². The van der Waals surface area contributed by atoms with Gasteiger partial charge in [-0.2, -0.15) is 0 Å². The number of hydrogen-bond acceptors (Lipinski definition) is 3. The monoisotopic (exact) mass is 483 g/mol. The molecule has 20 heavy (non-hydrogen) atoms. The molecule has 6 heteroatoms. The van der Waals surface area contributed by atoms with Crippen LogP contribution in [-0.4, -0.2) is 54.6 Å². The van der Waals surface area contributed by atoms with Crippen molar-refractivity contribution in [1.82, 2.24) is 7.36 Å². The molecule has 1 rings (SSSR count). The van der Waals surface area contributed by atoms with E-state index in [-0.39, 0.29) is 5.04 Å². The molecular weight excluding hydrogens is 459 g/mol. The summed E-state index contributed by atoms with van der Waals surface area (Å²) in [6.45, 7) is 13.8. The van der Waals surface area contributed by atoms with Crippen molar-refractivity contribution in [3.05, 3.63) is 24.4 Å². The maximum atomic E-state index is 6.03. The average molecular weight is 483 g/mol. The standard InChI is InChI=1S/C14H24N3OSi.Tl/c1-12(13-10-16-11-17-13)9-15-7-8-18-19(5,6)14(2,3)4;/h7,9-11H,8H2,1-6H3;/q-1;+1/b12-9+,15-7?;. The summed E-state index contributed by atoms with van der Waals surface area (Å²) >= 11 is 0.760. The van der Waals surface area contributed by atoms with Crippen LogP contribution >= 0.6 is 0 Å². The zero-order valence-corrected chi connectivity index (χ0v) is 18.8. The van der Waals surface area contributed by atoms with Crippen molar-refractivity contribution >= 4 is 46.2 Å². The van der Waals surface area contributed by atoms with E-state index >= 15 is 0 Å². The van der Waals surface area contributed by atoms with E-state index in [4.69, 9.17) is 4.43 Å². The molecule has 0 aliphatic rings. The Morgan fingerprint density at radius 1 is 1.50 bits per heavy atom. The Morgan fingerprint density at radius 3 is 2.65 bits per heavy atom. The fourth-order valence-corrected chi connectivity index (χ4v) is 3.01. The summed E-state index contributed by atoms with van der Waals surface area (Å²) in [4.78, 5) is 8.64. The van der Waals surface area contributed by atoms with E-state index < -0.39 is 8.32 Å². The molecule has 1 heterocycles. The fourth-order valence-electron chi connectivity index (χ4n) is 1.28. The molecule has 0 aliphatic carbocycles. The predicted molar refractivity (Wildman–Crippen MR) is 88.7 cm³/mol. The van der Waals surface area contributed by atoms with Crippen LogP contribution in [0.25, 0.3) is 5.57 Å². The van der Waals surface area contributed by atoms with Crippen molar-refractivity contribution in [3.63, 3.8) is 0 Å². The summed E-state index contributed by atoms with van der Waals surface area (Å²) in [5.41, 5.74) is 2.07. The van der Waals surface area contributed by atoms with Crippen LogP contribution in [0.1, 0.15) is 33.4 Å². The van der Waals surface area contributed by atoms with Crippen LogP contribution < -0.4 is 0 Å². The van der Waals surface area contributed by atoms with Gasteiger partial charge in [-0.15, -0.1) is 0 Å². The van der Waals surface area contributed by atoms with E-state index in [9.17, 15) is 0 Å². The van der Waals surface area contributed by atoms with Gasteiger partial charge in [0.1, 0.15) is 0 Å². The van der Waals surface area contributed by atoms with Crippen LogP contribution in [-0.2, 0) is 4.43 Å². The Labute approximate surface area is 139 Å². The Hall–Kier alpha value is -0.281. The number of allylic oxidation sites excluding steroid dienone is 1. The SMILES string of the molecule is C/C(=C\N=CCO[Si](C)(C)C(C)(C)C)c1c[n]([Tl])cn1. The fraction of sp³-hybridized carbons (Fsp3) is 0.571. The van der Waals surface area contributed by atoms with Crippen LogP contribution in [0.4, 0.5) is 0 Å². The molecule has 0 bridgehead atoms. The molecular formula is C14H24N3OSiTl. The Morgan fingerprint density at radius 2 is 2.15 bits per heavy atom. The van der Waals surface area contributed by atoms with Crippen molar-refractivity contribution in [2.75, 3.05) is 6.61 Å². The maximum absolute atomic E-state index is 6.03. The van der Waals surface area contributed by atoms with Crippen LogP contribution in [0.2, 0.25) is 18.1 Å². The summed E-state index contributed by atoms with van der Waals surface area (Å²) in [6.07, 6.45) is 7.60. The summed E-state index contributed by atoms with van der Waals surface area (Å²) in [6, 6.07) is 0. The van der Waals surface area contributed by atoms with Crippen LogP contribution in [0, 0.1) is 0 Å². The molecule has 0 aromatic carbocycles. The molecule has 0 atom stereocenters. The van der Waals surface area contributed by atoms with Gasteiger partial charge in [0, 0.05) is 0 Å². The van der Waals surface area contributed by atoms with Gasteiger partial charge in [-0.3, -0.25) is 0 Å². The van der Waals surface area contributed by atoms with Gasteiger partial charge in [0.25, 0.3) is 0 Å². The Kier molecular flexibility index (Phi) is 6.33. The number of nitrogens with zero attached hydrogens (tertiary/aromatic N) is 3. The topological polar surface area (TPSA) is 39.4 Å². The van der Waals surface area contributed by atoms with Crippen molar-refractivity contribution in [1.29, 1.82) is 0 Å². The summed E-state index contributed by atoms with van der Waals surface area (Å²) in [5.74, 6) is 0. The first-order chi connectivity index (χ1) is 9.13. The van der Waals surface area contributed by atoms with E-state index in [2.05, 4.69) is 52.4 Å². The molecule has 1 aromatic rings. The third kappa shape index (κ3) is 5.25. The number of hydrogen-bond donors (Lipinski definition) is 0. The van der Waals surface area contributed by atoms with Crippen molar-refractivity contribution in [2.45, 2.75) is 45.8 Å². The summed E-state index contributed by atoms with van der Waals surface area (Å²) in [7, 11) is -1.66. The van der Waals surface area contributed by atoms with Gasteiger partial charge in [0.15, 0.2) is 0 Å². The molecule has 0 saturated carbocycles. The van der Waals surface area contributed by atoms with E-state index in [1.54, 1.807) is 0 Å². The normalized spacial score (nSPS) is 14.2. The van der Waals surface area contributed by atoms with Gasteiger partial charge in [0.2, 0.25) is 0 Å². The van der Waals surface area contributed by atoms with Gasteiger partial charge in [-0.25, -0.2) is 0 Å². The van der Waals surface area contributed by atoms with Crippen LogP contribution in [0.3, 0.4) is 0 Å². The third-order valence-corrected chi connectivity index (χ3v) is 9.30. The Balaban J connectivity index is 2.50. The van der Waals surface area contributed by atoms with E-state index in [0.717, 1.165) is 37.3 Å². The van der Waals surface area contributed by atoms with Crippen molar-refractivity contribution in [2.24, 2.45) is 4.99 Å². The molecule has 108 valence electrons. The first-order valence-electron chi connectivity index (χ1n) is 6.75. The molecule has 0 spiro atoms. The minimum absolute atomic E-state index is 0.241. The molecule has 0 aliphatic heterocycles. The number of aromatic nitrogens is 2. The summed E-state index contributed by atoms with van der Waals surface area (Å²) in [5, 5.41) is 0.241. The second-order valence-electron chi connectivity index (χ2n) is 6.42. The molecule has 0 fully saturated rings. The van der Waals surface area contributed by atoms with E-state index in [1.807, 2.05) is 25.7 Å². The Bertz CT molecular complexity index is 501. The number of rotatable bonds is 5.